The van der Waals surface area contributed by atoms with E-state index in [2.05, 4.69) is 20.6 Å². The van der Waals surface area contributed by atoms with E-state index in [1.54, 1.807) is 12.3 Å². The summed E-state index contributed by atoms with van der Waals surface area (Å²) in [6.45, 7) is 2.05. The largest absolute Gasteiger partial charge is 0.364 e. The van der Waals surface area contributed by atoms with E-state index in [4.69, 9.17) is 5.73 Å². The molecule has 7 nitrogen and oxygen atoms in total. The molecule has 1 saturated heterocycles. The number of nitrogens with one attached hydrogen (secondary N) is 3. The first-order valence-corrected chi connectivity index (χ1v) is 8.44. The van der Waals surface area contributed by atoms with Gasteiger partial charge in [-0.2, -0.15) is 0 Å². The van der Waals surface area contributed by atoms with Gasteiger partial charge in [-0.3, -0.25) is 9.59 Å². The lowest BCUT2D eigenvalue weighted by Gasteiger charge is -2.06. The SMILES string of the molecule is Cl.NC(=O)c1cc(-c2csc(NC(=O)CCC3CCNC3)n2)c[nH]1. The van der Waals surface area contributed by atoms with E-state index in [9.17, 15) is 9.59 Å². The second-order valence-electron chi connectivity index (χ2n) is 5.65. The van der Waals surface area contributed by atoms with Crippen LogP contribution in [-0.2, 0) is 4.79 Å². The molecule has 1 unspecified atom stereocenters. The maximum Gasteiger partial charge on any atom is 0.265 e. The molecule has 1 aliphatic heterocycles. The number of nitrogens with two attached hydrogens (primary N) is 1. The number of carbonyl (C=O) groups is 2. The molecule has 5 N–H and O–H groups in total. The van der Waals surface area contributed by atoms with Crippen molar-refractivity contribution < 1.29 is 9.59 Å². The van der Waals surface area contributed by atoms with E-state index < -0.39 is 5.91 Å². The minimum absolute atomic E-state index is 0. The van der Waals surface area contributed by atoms with E-state index in [-0.39, 0.29) is 18.3 Å². The van der Waals surface area contributed by atoms with Gasteiger partial charge in [-0.15, -0.1) is 23.7 Å². The molecule has 1 atom stereocenters. The van der Waals surface area contributed by atoms with Crippen molar-refractivity contribution in [3.8, 4) is 11.3 Å². The molecule has 3 rings (SSSR count). The Balaban J connectivity index is 0.00000208. The molecular formula is C15H20ClN5O2S. The summed E-state index contributed by atoms with van der Waals surface area (Å²) in [5.74, 6) is 0.0748. The Bertz CT molecular complexity index is 708. The van der Waals surface area contributed by atoms with Gasteiger partial charge in [-0.25, -0.2) is 4.98 Å². The number of rotatable bonds is 6. The lowest BCUT2D eigenvalue weighted by Crippen LogP contribution is -2.14. The monoisotopic (exact) mass is 369 g/mol. The number of primary amides is 1. The first-order chi connectivity index (χ1) is 11.1. The van der Waals surface area contributed by atoms with Crippen molar-refractivity contribution in [2.24, 2.45) is 11.7 Å². The number of amides is 2. The van der Waals surface area contributed by atoms with Crippen LogP contribution in [0.15, 0.2) is 17.6 Å². The molecule has 3 heterocycles. The third kappa shape index (κ3) is 4.56. The Morgan fingerprint density at radius 2 is 2.29 bits per heavy atom. The van der Waals surface area contributed by atoms with Crippen LogP contribution in [-0.4, -0.2) is 34.9 Å². The quantitative estimate of drug-likeness (QED) is 0.623. The van der Waals surface area contributed by atoms with Gasteiger partial charge in [0.05, 0.1) is 5.69 Å². The molecule has 0 aromatic carbocycles. The van der Waals surface area contributed by atoms with Gasteiger partial charge < -0.3 is 21.4 Å². The summed E-state index contributed by atoms with van der Waals surface area (Å²) >= 11 is 1.36. The minimum Gasteiger partial charge on any atom is -0.364 e. The molecule has 1 fully saturated rings. The lowest BCUT2D eigenvalue weighted by atomic mass is 10.0. The highest BCUT2D eigenvalue weighted by Crippen LogP contribution is 2.25. The van der Waals surface area contributed by atoms with E-state index in [0.717, 1.165) is 31.5 Å². The molecule has 0 bridgehead atoms. The second kappa shape index (κ2) is 8.27. The summed E-state index contributed by atoms with van der Waals surface area (Å²) in [4.78, 5) is 30.2. The summed E-state index contributed by atoms with van der Waals surface area (Å²) in [5.41, 5.74) is 7.02. The van der Waals surface area contributed by atoms with Crippen molar-refractivity contribution in [1.82, 2.24) is 15.3 Å². The molecule has 1 aliphatic rings. The fraction of sp³-hybridized carbons (Fsp3) is 0.400. The van der Waals surface area contributed by atoms with Gasteiger partial charge in [0.2, 0.25) is 5.91 Å². The van der Waals surface area contributed by atoms with E-state index >= 15 is 0 Å². The average molecular weight is 370 g/mol. The van der Waals surface area contributed by atoms with Crippen LogP contribution in [0.3, 0.4) is 0 Å². The van der Waals surface area contributed by atoms with Crippen molar-refractivity contribution >= 4 is 40.7 Å². The maximum absolute atomic E-state index is 12.0. The average Bonchev–Trinajstić information content (AvgIpc) is 3.26. The molecule has 2 amide bonds. The Kier molecular flexibility index (Phi) is 6.36. The molecule has 2 aromatic rings. The van der Waals surface area contributed by atoms with Crippen molar-refractivity contribution in [1.29, 1.82) is 0 Å². The Morgan fingerprint density at radius 1 is 1.46 bits per heavy atom. The molecule has 9 heteroatoms. The van der Waals surface area contributed by atoms with Crippen LogP contribution in [0.1, 0.15) is 29.8 Å². The Hall–Kier alpha value is -1.90. The summed E-state index contributed by atoms with van der Waals surface area (Å²) < 4.78 is 0. The highest BCUT2D eigenvalue weighted by Gasteiger charge is 2.16. The number of hydrogen-bond acceptors (Lipinski definition) is 5. The van der Waals surface area contributed by atoms with Crippen LogP contribution >= 0.6 is 23.7 Å². The molecule has 0 radical (unpaired) electrons. The van der Waals surface area contributed by atoms with Crippen molar-refractivity contribution in [2.45, 2.75) is 19.3 Å². The summed E-state index contributed by atoms with van der Waals surface area (Å²) in [7, 11) is 0. The number of aromatic amines is 1. The van der Waals surface area contributed by atoms with Gasteiger partial charge in [0.15, 0.2) is 5.13 Å². The summed E-state index contributed by atoms with van der Waals surface area (Å²) in [6, 6.07) is 1.65. The van der Waals surface area contributed by atoms with E-state index in [0.29, 0.717) is 28.9 Å². The van der Waals surface area contributed by atoms with Crippen LogP contribution < -0.4 is 16.4 Å². The van der Waals surface area contributed by atoms with Crippen molar-refractivity contribution in [2.75, 3.05) is 18.4 Å². The van der Waals surface area contributed by atoms with Gasteiger partial charge in [-0.1, -0.05) is 0 Å². The maximum atomic E-state index is 12.0. The number of hydrogen-bond donors (Lipinski definition) is 4. The normalized spacial score (nSPS) is 16.6. The van der Waals surface area contributed by atoms with Gasteiger partial charge in [0.25, 0.3) is 5.91 Å². The summed E-state index contributed by atoms with van der Waals surface area (Å²) in [6.07, 6.45) is 4.23. The van der Waals surface area contributed by atoms with Crippen LogP contribution in [0.25, 0.3) is 11.3 Å². The zero-order valence-corrected chi connectivity index (χ0v) is 14.6. The van der Waals surface area contributed by atoms with Crippen LogP contribution in [0.4, 0.5) is 5.13 Å². The van der Waals surface area contributed by atoms with Gasteiger partial charge in [0.1, 0.15) is 5.69 Å². The van der Waals surface area contributed by atoms with E-state index in [1.807, 2.05) is 5.38 Å². The zero-order valence-electron chi connectivity index (χ0n) is 13.0. The highest BCUT2D eigenvalue weighted by molar-refractivity contribution is 7.14. The number of H-pyrrole nitrogens is 1. The molecule has 24 heavy (non-hydrogen) atoms. The smallest absolute Gasteiger partial charge is 0.265 e. The zero-order chi connectivity index (χ0) is 16.2. The Morgan fingerprint density at radius 3 is 2.96 bits per heavy atom. The first-order valence-electron chi connectivity index (χ1n) is 7.56. The molecule has 2 aromatic heterocycles. The third-order valence-corrected chi connectivity index (χ3v) is 4.69. The van der Waals surface area contributed by atoms with Crippen LogP contribution in [0, 0.1) is 5.92 Å². The first kappa shape index (κ1) is 18.4. The van der Waals surface area contributed by atoms with Crippen LogP contribution in [0.5, 0.6) is 0 Å². The molecule has 0 aliphatic carbocycles. The number of aromatic nitrogens is 2. The second-order valence-corrected chi connectivity index (χ2v) is 6.51. The number of anilines is 1. The lowest BCUT2D eigenvalue weighted by molar-refractivity contribution is -0.116. The molecular weight excluding hydrogens is 350 g/mol. The van der Waals surface area contributed by atoms with E-state index in [1.165, 1.54) is 11.3 Å². The number of nitrogens with zero attached hydrogens (tertiary/aromatic N) is 1. The fourth-order valence-electron chi connectivity index (χ4n) is 2.63. The van der Waals surface area contributed by atoms with Crippen molar-refractivity contribution in [3.05, 3.63) is 23.3 Å². The minimum atomic E-state index is -0.513. The highest BCUT2D eigenvalue weighted by atomic mass is 35.5. The Labute approximate surface area is 149 Å². The number of halogens is 1. The predicted molar refractivity (Wildman–Crippen MR) is 96.5 cm³/mol. The summed E-state index contributed by atoms with van der Waals surface area (Å²) in [5, 5.41) is 8.53. The van der Waals surface area contributed by atoms with Gasteiger partial charge in [0, 0.05) is 23.6 Å². The van der Waals surface area contributed by atoms with Crippen LogP contribution in [0.2, 0.25) is 0 Å². The molecule has 130 valence electrons. The van der Waals surface area contributed by atoms with Gasteiger partial charge >= 0.3 is 0 Å². The number of carbonyl (C=O) groups excluding carboxylic acids is 2. The molecule has 0 saturated carbocycles. The molecule has 0 spiro atoms. The van der Waals surface area contributed by atoms with Crippen molar-refractivity contribution in [3.63, 3.8) is 0 Å². The standard InChI is InChI=1S/C15H19N5O2S.ClH/c16-14(22)11-5-10(7-18-11)12-8-23-15(19-12)20-13(21)2-1-9-3-4-17-6-9;/h5,7-9,17-18H,1-4,6H2,(H2,16,22)(H,19,20,21);1H. The third-order valence-electron chi connectivity index (χ3n) is 3.94. The number of thiazole rings is 1. The van der Waals surface area contributed by atoms with Gasteiger partial charge in [-0.05, 0) is 37.9 Å². The topological polar surface area (TPSA) is 113 Å². The fourth-order valence-corrected chi connectivity index (χ4v) is 3.36. The predicted octanol–water partition coefficient (Wildman–Crippen LogP) is 1.99.